The molecular weight excluding hydrogens is 322 g/mol. The molecule has 0 aliphatic heterocycles. The van der Waals surface area contributed by atoms with Crippen molar-refractivity contribution in [3.8, 4) is 5.75 Å². The summed E-state index contributed by atoms with van der Waals surface area (Å²) >= 11 is 0. The molecule has 3 rings (SSSR count). The summed E-state index contributed by atoms with van der Waals surface area (Å²) in [5.74, 6) is -0.678. The van der Waals surface area contributed by atoms with Crippen LogP contribution in [0.15, 0.2) is 54.7 Å². The molecule has 0 bridgehead atoms. The van der Waals surface area contributed by atoms with E-state index >= 15 is 0 Å². The Hall–Kier alpha value is -3.48. The van der Waals surface area contributed by atoms with E-state index in [4.69, 9.17) is 9.47 Å². The maximum atomic E-state index is 12.0. The molecule has 7 nitrogen and oxygen atoms in total. The number of aromatic nitrogens is 2. The number of anilines is 1. The largest absolute Gasteiger partial charge is 0.495 e. The number of amides is 1. The second-order valence-corrected chi connectivity index (χ2v) is 5.07. The van der Waals surface area contributed by atoms with Gasteiger partial charge in [-0.3, -0.25) is 9.78 Å². The molecule has 1 aromatic heterocycles. The van der Waals surface area contributed by atoms with E-state index in [0.29, 0.717) is 22.5 Å². The molecule has 2 aromatic carbocycles. The second-order valence-electron chi connectivity index (χ2n) is 5.07. The fraction of sp³-hybridized carbons (Fsp3) is 0.111. The first-order chi connectivity index (χ1) is 12.2. The predicted molar refractivity (Wildman–Crippen MR) is 91.4 cm³/mol. The molecule has 0 saturated heterocycles. The first kappa shape index (κ1) is 16.4. The Morgan fingerprint density at radius 2 is 1.76 bits per heavy atom. The number of nitrogens with zero attached hydrogens (tertiary/aromatic N) is 2. The number of hydrogen-bond donors (Lipinski definition) is 1. The van der Waals surface area contributed by atoms with Crippen LogP contribution in [0.2, 0.25) is 0 Å². The van der Waals surface area contributed by atoms with E-state index in [2.05, 4.69) is 15.3 Å². The van der Waals surface area contributed by atoms with Gasteiger partial charge in [-0.2, -0.15) is 0 Å². The third kappa shape index (κ3) is 3.89. The molecule has 1 amide bonds. The molecular formula is C18H15N3O4. The number of carbonyl (C=O) groups is 2. The number of para-hydroxylation sites is 4. The summed E-state index contributed by atoms with van der Waals surface area (Å²) in [7, 11) is 1.50. The van der Waals surface area contributed by atoms with Gasteiger partial charge in [0.15, 0.2) is 12.3 Å². The molecule has 3 aromatic rings. The summed E-state index contributed by atoms with van der Waals surface area (Å²) < 4.78 is 10.1. The number of esters is 1. The predicted octanol–water partition coefficient (Wildman–Crippen LogP) is 2.43. The van der Waals surface area contributed by atoms with Crippen molar-refractivity contribution in [2.45, 2.75) is 0 Å². The van der Waals surface area contributed by atoms with Gasteiger partial charge in [0.1, 0.15) is 5.75 Å². The Balaban J connectivity index is 1.62. The lowest BCUT2D eigenvalue weighted by atomic mass is 10.3. The topological polar surface area (TPSA) is 90.4 Å². The second kappa shape index (κ2) is 7.39. The minimum Gasteiger partial charge on any atom is -0.495 e. The van der Waals surface area contributed by atoms with Crippen LogP contribution in [0.5, 0.6) is 5.75 Å². The van der Waals surface area contributed by atoms with E-state index in [1.54, 1.807) is 42.5 Å². The lowest BCUT2D eigenvalue weighted by Gasteiger charge is -2.10. The van der Waals surface area contributed by atoms with Crippen molar-refractivity contribution in [1.82, 2.24) is 9.97 Å². The molecule has 0 unspecified atom stereocenters. The first-order valence-electron chi connectivity index (χ1n) is 7.49. The highest BCUT2D eigenvalue weighted by atomic mass is 16.5. The lowest BCUT2D eigenvalue weighted by molar-refractivity contribution is -0.119. The van der Waals surface area contributed by atoms with Crippen molar-refractivity contribution in [2.24, 2.45) is 0 Å². The van der Waals surface area contributed by atoms with Crippen LogP contribution in [0.3, 0.4) is 0 Å². The zero-order valence-corrected chi connectivity index (χ0v) is 13.4. The van der Waals surface area contributed by atoms with Gasteiger partial charge in [-0.05, 0) is 24.3 Å². The van der Waals surface area contributed by atoms with Crippen molar-refractivity contribution in [2.75, 3.05) is 19.0 Å². The zero-order chi connectivity index (χ0) is 17.6. The highest BCUT2D eigenvalue weighted by Gasteiger charge is 2.14. The van der Waals surface area contributed by atoms with Gasteiger partial charge in [-0.1, -0.05) is 24.3 Å². The van der Waals surface area contributed by atoms with Crippen LogP contribution in [0.25, 0.3) is 11.0 Å². The quantitative estimate of drug-likeness (QED) is 0.719. The van der Waals surface area contributed by atoms with E-state index in [9.17, 15) is 9.59 Å². The van der Waals surface area contributed by atoms with Crippen LogP contribution in [0.4, 0.5) is 5.69 Å². The average molecular weight is 337 g/mol. The Labute approximate surface area is 143 Å². The summed E-state index contributed by atoms with van der Waals surface area (Å²) in [4.78, 5) is 32.3. The van der Waals surface area contributed by atoms with Crippen LogP contribution in [-0.4, -0.2) is 35.6 Å². The monoisotopic (exact) mass is 337 g/mol. The Bertz CT molecular complexity index is 927. The minimum absolute atomic E-state index is 0.0452. The molecule has 126 valence electrons. The molecule has 0 aliphatic rings. The van der Waals surface area contributed by atoms with Crippen LogP contribution in [0, 0.1) is 0 Å². The fourth-order valence-electron chi connectivity index (χ4n) is 2.19. The number of methoxy groups -OCH3 is 1. The van der Waals surface area contributed by atoms with E-state index < -0.39 is 18.5 Å². The highest BCUT2D eigenvalue weighted by Crippen LogP contribution is 2.22. The van der Waals surface area contributed by atoms with Gasteiger partial charge in [0.2, 0.25) is 0 Å². The maximum absolute atomic E-state index is 12.0. The molecule has 1 N–H and O–H groups in total. The molecule has 7 heteroatoms. The Morgan fingerprint density at radius 1 is 1.04 bits per heavy atom. The van der Waals surface area contributed by atoms with Gasteiger partial charge in [0, 0.05) is 0 Å². The molecule has 1 heterocycles. The maximum Gasteiger partial charge on any atom is 0.359 e. The zero-order valence-electron chi connectivity index (χ0n) is 13.4. The number of benzene rings is 2. The first-order valence-corrected chi connectivity index (χ1v) is 7.49. The number of rotatable bonds is 5. The standard InChI is InChI=1S/C18H15N3O4/c1-24-16-9-5-4-8-14(16)21-17(22)11-25-18(23)15-10-19-12-6-2-3-7-13(12)20-15/h2-10H,11H2,1H3,(H,21,22). The summed E-state index contributed by atoms with van der Waals surface area (Å²) in [6.07, 6.45) is 1.32. The van der Waals surface area contributed by atoms with Crippen molar-refractivity contribution in [3.63, 3.8) is 0 Å². The van der Waals surface area contributed by atoms with Gasteiger partial charge < -0.3 is 14.8 Å². The van der Waals surface area contributed by atoms with Crippen LogP contribution in [-0.2, 0) is 9.53 Å². The van der Waals surface area contributed by atoms with Gasteiger partial charge >= 0.3 is 5.97 Å². The van der Waals surface area contributed by atoms with Crippen LogP contribution < -0.4 is 10.1 Å². The van der Waals surface area contributed by atoms with Crippen molar-refractivity contribution in [1.29, 1.82) is 0 Å². The summed E-state index contributed by atoms with van der Waals surface area (Å²) in [5.41, 5.74) is 1.80. The number of nitrogens with one attached hydrogen (secondary N) is 1. The van der Waals surface area contributed by atoms with Crippen LogP contribution >= 0.6 is 0 Å². The molecule has 25 heavy (non-hydrogen) atoms. The molecule has 0 atom stereocenters. The molecule has 0 fully saturated rings. The molecule has 0 spiro atoms. The number of carbonyl (C=O) groups excluding carboxylic acids is 2. The minimum atomic E-state index is -0.714. The van der Waals surface area contributed by atoms with Gasteiger partial charge in [0.05, 0.1) is 30.0 Å². The summed E-state index contributed by atoms with van der Waals surface area (Å²) in [6, 6.07) is 14.1. The normalized spacial score (nSPS) is 10.3. The number of fused-ring (bicyclic) bond motifs is 1. The smallest absolute Gasteiger partial charge is 0.359 e. The van der Waals surface area contributed by atoms with E-state index in [1.807, 2.05) is 6.07 Å². The Morgan fingerprint density at radius 3 is 2.56 bits per heavy atom. The fourth-order valence-corrected chi connectivity index (χ4v) is 2.19. The summed E-state index contributed by atoms with van der Waals surface area (Å²) in [6.45, 7) is -0.439. The highest BCUT2D eigenvalue weighted by molar-refractivity contribution is 5.96. The average Bonchev–Trinajstić information content (AvgIpc) is 2.66. The number of hydrogen-bond acceptors (Lipinski definition) is 6. The van der Waals surface area contributed by atoms with Gasteiger partial charge in [0.25, 0.3) is 5.91 Å². The molecule has 0 radical (unpaired) electrons. The molecule has 0 saturated carbocycles. The third-order valence-electron chi connectivity index (χ3n) is 3.37. The SMILES string of the molecule is COc1ccccc1NC(=O)COC(=O)c1cnc2ccccc2n1. The van der Waals surface area contributed by atoms with E-state index in [1.165, 1.54) is 13.3 Å². The van der Waals surface area contributed by atoms with E-state index in [-0.39, 0.29) is 5.69 Å². The van der Waals surface area contributed by atoms with Crippen molar-refractivity contribution < 1.29 is 19.1 Å². The lowest BCUT2D eigenvalue weighted by Crippen LogP contribution is -2.21. The third-order valence-corrected chi connectivity index (χ3v) is 3.37. The summed E-state index contributed by atoms with van der Waals surface area (Å²) in [5, 5.41) is 2.62. The van der Waals surface area contributed by atoms with Crippen molar-refractivity contribution >= 4 is 28.6 Å². The van der Waals surface area contributed by atoms with Crippen LogP contribution in [0.1, 0.15) is 10.5 Å². The van der Waals surface area contributed by atoms with Gasteiger partial charge in [-0.15, -0.1) is 0 Å². The molecule has 0 aliphatic carbocycles. The van der Waals surface area contributed by atoms with Crippen molar-refractivity contribution in [3.05, 3.63) is 60.4 Å². The van der Waals surface area contributed by atoms with E-state index in [0.717, 1.165) is 0 Å². The Kier molecular flexibility index (Phi) is 4.84. The van der Waals surface area contributed by atoms with Gasteiger partial charge in [-0.25, -0.2) is 9.78 Å². The number of ether oxygens (including phenoxy) is 2.